The van der Waals surface area contributed by atoms with Crippen LogP contribution in [0.3, 0.4) is 0 Å². The summed E-state index contributed by atoms with van der Waals surface area (Å²) in [5, 5.41) is 7.65. The molecule has 0 saturated carbocycles. The van der Waals surface area contributed by atoms with Crippen molar-refractivity contribution in [2.45, 2.75) is 6.92 Å². The minimum atomic E-state index is -0.936. The minimum Gasteiger partial charge on any atom is -0.397 e. The minimum absolute atomic E-state index is 0.138. The summed E-state index contributed by atoms with van der Waals surface area (Å²) in [6, 6.07) is 3.36. The summed E-state index contributed by atoms with van der Waals surface area (Å²) >= 11 is 0. The molecule has 0 aliphatic rings. The second kappa shape index (κ2) is 4.32. The van der Waals surface area contributed by atoms with Gasteiger partial charge in [-0.1, -0.05) is 5.21 Å². The molecule has 18 heavy (non-hydrogen) atoms. The lowest BCUT2D eigenvalue weighted by Crippen LogP contribution is -2.18. The normalized spacial score (nSPS) is 10.3. The van der Waals surface area contributed by atoms with Crippen LogP contribution in [-0.4, -0.2) is 26.1 Å². The molecule has 8 heteroatoms. The number of aromatic nitrogens is 4. The van der Waals surface area contributed by atoms with Gasteiger partial charge in [-0.2, -0.15) is 0 Å². The predicted octanol–water partition coefficient (Wildman–Crippen LogP) is 0.225. The van der Waals surface area contributed by atoms with Gasteiger partial charge in [-0.15, -0.1) is 5.10 Å². The average Bonchev–Trinajstić information content (AvgIpc) is 2.64. The molecule has 0 bridgehead atoms. The van der Waals surface area contributed by atoms with E-state index >= 15 is 0 Å². The van der Waals surface area contributed by atoms with E-state index in [0.717, 1.165) is 0 Å². The van der Waals surface area contributed by atoms with Crippen molar-refractivity contribution < 1.29 is 9.53 Å². The highest BCUT2D eigenvalue weighted by atomic mass is 16.6. The zero-order valence-corrected chi connectivity index (χ0v) is 9.91. The molecule has 1 amide bonds. The molecular weight excluding hydrogens is 236 g/mol. The van der Waals surface area contributed by atoms with E-state index in [9.17, 15) is 4.79 Å². The van der Waals surface area contributed by atoms with Gasteiger partial charge in [0, 0.05) is 7.05 Å². The topological polar surface area (TPSA) is 122 Å². The Morgan fingerprint density at radius 3 is 2.78 bits per heavy atom. The lowest BCUT2D eigenvalue weighted by molar-refractivity contribution is 0.207. The molecule has 94 valence electrons. The fourth-order valence-corrected chi connectivity index (χ4v) is 1.42. The van der Waals surface area contributed by atoms with Crippen molar-refractivity contribution >= 4 is 11.8 Å². The third-order valence-corrected chi connectivity index (χ3v) is 2.34. The third-order valence-electron chi connectivity index (χ3n) is 2.34. The number of hydrogen-bond acceptors (Lipinski definition) is 6. The van der Waals surface area contributed by atoms with Crippen molar-refractivity contribution in [2.75, 3.05) is 5.73 Å². The molecule has 0 aromatic carbocycles. The molecule has 0 unspecified atom stereocenters. The number of hydrogen-bond donors (Lipinski definition) is 2. The number of primary amides is 1. The first-order valence-electron chi connectivity index (χ1n) is 5.09. The Labute approximate surface area is 103 Å². The van der Waals surface area contributed by atoms with E-state index in [2.05, 4.69) is 15.3 Å². The Kier molecular flexibility index (Phi) is 2.84. The number of carbonyl (C=O) groups excluding carboxylic acids is 1. The van der Waals surface area contributed by atoms with Gasteiger partial charge < -0.3 is 16.2 Å². The number of rotatable bonds is 2. The van der Waals surface area contributed by atoms with Gasteiger partial charge in [-0.3, -0.25) is 0 Å². The Hall–Kier alpha value is -2.64. The molecule has 0 radical (unpaired) electrons. The zero-order valence-electron chi connectivity index (χ0n) is 9.91. The number of carbonyl (C=O) groups is 1. The fraction of sp³-hybridized carbons (Fsp3) is 0.200. The number of nitrogens with two attached hydrogens (primary N) is 2. The monoisotopic (exact) mass is 248 g/mol. The lowest BCUT2D eigenvalue weighted by atomic mass is 10.2. The fourth-order valence-electron chi connectivity index (χ4n) is 1.42. The molecule has 4 N–H and O–H groups in total. The van der Waals surface area contributed by atoms with E-state index in [4.69, 9.17) is 16.2 Å². The van der Waals surface area contributed by atoms with Gasteiger partial charge in [0.1, 0.15) is 0 Å². The molecule has 0 aliphatic heterocycles. The van der Waals surface area contributed by atoms with E-state index in [1.807, 2.05) is 0 Å². The maximum atomic E-state index is 10.8. The van der Waals surface area contributed by atoms with Crippen LogP contribution >= 0.6 is 0 Å². The first-order chi connectivity index (χ1) is 8.49. The number of nitrogen functional groups attached to an aromatic ring is 1. The van der Waals surface area contributed by atoms with Crippen LogP contribution in [0.5, 0.6) is 5.88 Å². The summed E-state index contributed by atoms with van der Waals surface area (Å²) in [4.78, 5) is 15.1. The smallest absolute Gasteiger partial charge is 0.397 e. The van der Waals surface area contributed by atoms with Gasteiger partial charge in [0.25, 0.3) is 5.88 Å². The van der Waals surface area contributed by atoms with E-state index in [-0.39, 0.29) is 5.88 Å². The van der Waals surface area contributed by atoms with Crippen molar-refractivity contribution in [1.82, 2.24) is 20.0 Å². The maximum absolute atomic E-state index is 10.8. The first-order valence-corrected chi connectivity index (χ1v) is 5.09. The predicted molar refractivity (Wildman–Crippen MR) is 63.6 cm³/mol. The van der Waals surface area contributed by atoms with Crippen LogP contribution < -0.4 is 16.2 Å². The Bertz CT molecular complexity index is 606. The van der Waals surface area contributed by atoms with Crippen LogP contribution in [-0.2, 0) is 7.05 Å². The number of nitrogens with zero attached hydrogens (tertiary/aromatic N) is 4. The van der Waals surface area contributed by atoms with Gasteiger partial charge >= 0.3 is 6.09 Å². The molecule has 0 aliphatic carbocycles. The maximum Gasteiger partial charge on any atom is 0.411 e. The molecule has 0 saturated heterocycles. The Morgan fingerprint density at radius 1 is 1.44 bits per heavy atom. The second-order valence-electron chi connectivity index (χ2n) is 3.66. The number of amides is 1. The number of ether oxygens (including phenoxy) is 1. The quantitative estimate of drug-likeness (QED) is 0.784. The van der Waals surface area contributed by atoms with Crippen LogP contribution in [0.25, 0.3) is 11.4 Å². The summed E-state index contributed by atoms with van der Waals surface area (Å²) in [6.45, 7) is 1.77. The summed E-state index contributed by atoms with van der Waals surface area (Å²) in [5.41, 5.74) is 12.7. The lowest BCUT2D eigenvalue weighted by Gasteiger charge is -2.04. The highest BCUT2D eigenvalue weighted by Crippen LogP contribution is 2.26. The molecule has 2 aromatic heterocycles. The van der Waals surface area contributed by atoms with Crippen molar-refractivity contribution in [2.24, 2.45) is 12.8 Å². The standard InChI is InChI=1S/C10H12N6O2/c1-5-6(11)3-4-7(13-5)8-9(18-10(12)17)16(2)15-14-8/h3-4H,11H2,1-2H3,(H2,12,17). The number of pyridine rings is 1. The molecular formula is C10H12N6O2. The second-order valence-corrected chi connectivity index (χ2v) is 3.66. The van der Waals surface area contributed by atoms with Crippen LogP contribution in [0.2, 0.25) is 0 Å². The molecule has 8 nitrogen and oxygen atoms in total. The molecule has 0 atom stereocenters. The van der Waals surface area contributed by atoms with E-state index in [1.165, 1.54) is 4.68 Å². The Balaban J connectivity index is 2.50. The molecule has 2 rings (SSSR count). The Morgan fingerprint density at radius 2 is 2.17 bits per heavy atom. The molecule has 2 heterocycles. The van der Waals surface area contributed by atoms with E-state index in [1.54, 1.807) is 26.1 Å². The van der Waals surface area contributed by atoms with Crippen LogP contribution in [0.1, 0.15) is 5.69 Å². The van der Waals surface area contributed by atoms with Gasteiger partial charge in [0.2, 0.25) is 0 Å². The summed E-state index contributed by atoms with van der Waals surface area (Å²) in [5.74, 6) is 0.138. The summed E-state index contributed by atoms with van der Waals surface area (Å²) in [7, 11) is 1.58. The van der Waals surface area contributed by atoms with Gasteiger partial charge in [-0.25, -0.2) is 14.5 Å². The third kappa shape index (κ3) is 2.08. The van der Waals surface area contributed by atoms with E-state index < -0.39 is 6.09 Å². The largest absolute Gasteiger partial charge is 0.411 e. The van der Waals surface area contributed by atoms with Crippen LogP contribution in [0.15, 0.2) is 12.1 Å². The average molecular weight is 248 g/mol. The van der Waals surface area contributed by atoms with Crippen molar-refractivity contribution in [1.29, 1.82) is 0 Å². The van der Waals surface area contributed by atoms with Crippen LogP contribution in [0, 0.1) is 6.92 Å². The SMILES string of the molecule is Cc1nc(-c2nnn(C)c2OC(N)=O)ccc1N. The molecule has 2 aromatic rings. The van der Waals surface area contributed by atoms with Gasteiger partial charge in [-0.05, 0) is 19.1 Å². The number of aryl methyl sites for hydroxylation is 2. The highest BCUT2D eigenvalue weighted by molar-refractivity contribution is 5.71. The van der Waals surface area contributed by atoms with Crippen molar-refractivity contribution in [3.63, 3.8) is 0 Å². The van der Waals surface area contributed by atoms with Gasteiger partial charge in [0.05, 0.1) is 17.1 Å². The zero-order chi connectivity index (χ0) is 13.3. The highest BCUT2D eigenvalue weighted by Gasteiger charge is 2.18. The molecule has 0 fully saturated rings. The molecule has 0 spiro atoms. The number of anilines is 1. The summed E-state index contributed by atoms with van der Waals surface area (Å²) < 4.78 is 6.15. The van der Waals surface area contributed by atoms with Crippen molar-refractivity contribution in [3.8, 4) is 17.3 Å². The van der Waals surface area contributed by atoms with Crippen LogP contribution in [0.4, 0.5) is 10.5 Å². The summed E-state index contributed by atoms with van der Waals surface area (Å²) in [6.07, 6.45) is -0.936. The van der Waals surface area contributed by atoms with Crippen molar-refractivity contribution in [3.05, 3.63) is 17.8 Å². The van der Waals surface area contributed by atoms with E-state index in [0.29, 0.717) is 22.8 Å². The first kappa shape index (κ1) is 11.8. The van der Waals surface area contributed by atoms with Gasteiger partial charge in [0.15, 0.2) is 5.69 Å².